The molecular formula is C30H46ClNO3. The molecule has 1 aromatic rings. The van der Waals surface area contributed by atoms with Crippen LogP contribution in [-0.2, 0) is 15.1 Å². The number of halogens is 1. The van der Waals surface area contributed by atoms with E-state index in [1.807, 2.05) is 26.0 Å². The first-order valence-electron chi connectivity index (χ1n) is 13.6. The zero-order valence-electron chi connectivity index (χ0n) is 22.3. The second-order valence-electron chi connectivity index (χ2n) is 10.7. The average Bonchev–Trinajstić information content (AvgIpc) is 2.87. The molecule has 2 aliphatic carbocycles. The SMILES string of the molecule is CCN(CC)CC#CC(C)(C)OC(=O)C(O)(c1ccc(C2CCCCC2)cc1)C1CCCCC1.Cl. The van der Waals surface area contributed by atoms with Crippen molar-refractivity contribution in [1.29, 1.82) is 0 Å². The molecule has 0 radical (unpaired) electrons. The monoisotopic (exact) mass is 503 g/mol. The van der Waals surface area contributed by atoms with Gasteiger partial charge in [0.1, 0.15) is 0 Å². The highest BCUT2D eigenvalue weighted by atomic mass is 35.5. The van der Waals surface area contributed by atoms with E-state index in [1.165, 1.54) is 37.7 Å². The topological polar surface area (TPSA) is 49.8 Å². The van der Waals surface area contributed by atoms with E-state index in [9.17, 15) is 9.90 Å². The third-order valence-electron chi connectivity index (χ3n) is 7.87. The van der Waals surface area contributed by atoms with Gasteiger partial charge in [0, 0.05) is 5.92 Å². The molecule has 4 nitrogen and oxygen atoms in total. The molecule has 1 N–H and O–H groups in total. The van der Waals surface area contributed by atoms with E-state index in [2.05, 4.69) is 42.7 Å². The maximum atomic E-state index is 13.6. The van der Waals surface area contributed by atoms with Gasteiger partial charge in [-0.2, -0.15) is 0 Å². The number of hydrogen-bond donors (Lipinski definition) is 1. The Balaban J connectivity index is 0.00000432. The first-order valence-corrected chi connectivity index (χ1v) is 13.6. The maximum Gasteiger partial charge on any atom is 0.344 e. The zero-order chi connectivity index (χ0) is 24.6. The van der Waals surface area contributed by atoms with Crippen molar-refractivity contribution in [3.63, 3.8) is 0 Å². The molecular weight excluding hydrogens is 458 g/mol. The largest absolute Gasteiger partial charge is 0.444 e. The molecule has 0 aliphatic heterocycles. The average molecular weight is 504 g/mol. The van der Waals surface area contributed by atoms with Crippen molar-refractivity contribution in [1.82, 2.24) is 4.90 Å². The second kappa shape index (κ2) is 13.7. The highest BCUT2D eigenvalue weighted by molar-refractivity contribution is 5.85. The fourth-order valence-corrected chi connectivity index (χ4v) is 5.63. The highest BCUT2D eigenvalue weighted by Gasteiger charge is 2.48. The molecule has 1 aromatic carbocycles. The standard InChI is InChI=1S/C30H45NO3.ClH/c1-5-31(6-2)23-13-22-29(3,4)34-28(32)30(33,26-16-11-8-12-17-26)27-20-18-25(19-21-27)24-14-9-7-10-15-24;/h18-21,24,26,33H,5-12,14-17,23H2,1-4H3;1H. The molecule has 35 heavy (non-hydrogen) atoms. The molecule has 3 rings (SSSR count). The summed E-state index contributed by atoms with van der Waals surface area (Å²) < 4.78 is 5.93. The van der Waals surface area contributed by atoms with Gasteiger partial charge in [-0.15, -0.1) is 12.4 Å². The summed E-state index contributed by atoms with van der Waals surface area (Å²) in [6.07, 6.45) is 11.3. The summed E-state index contributed by atoms with van der Waals surface area (Å²) in [5, 5.41) is 12.0. The van der Waals surface area contributed by atoms with Gasteiger partial charge in [0.2, 0.25) is 0 Å². The summed E-state index contributed by atoms with van der Waals surface area (Å²) in [6, 6.07) is 8.20. The van der Waals surface area contributed by atoms with Crippen molar-refractivity contribution in [3.05, 3.63) is 35.4 Å². The van der Waals surface area contributed by atoms with Crippen LogP contribution < -0.4 is 0 Å². The van der Waals surface area contributed by atoms with E-state index in [0.717, 1.165) is 45.2 Å². The highest BCUT2D eigenvalue weighted by Crippen LogP contribution is 2.42. The summed E-state index contributed by atoms with van der Waals surface area (Å²) in [5.74, 6) is 6.19. The molecule has 1 atom stereocenters. The van der Waals surface area contributed by atoms with Crippen molar-refractivity contribution in [2.75, 3.05) is 19.6 Å². The van der Waals surface area contributed by atoms with Gasteiger partial charge in [-0.1, -0.05) is 88.5 Å². The van der Waals surface area contributed by atoms with Gasteiger partial charge in [-0.05, 0) is 69.7 Å². The number of benzene rings is 1. The van der Waals surface area contributed by atoms with Crippen LogP contribution in [0.15, 0.2) is 24.3 Å². The van der Waals surface area contributed by atoms with Crippen LogP contribution in [0.5, 0.6) is 0 Å². The fraction of sp³-hybridized carbons (Fsp3) is 0.700. The van der Waals surface area contributed by atoms with Gasteiger partial charge < -0.3 is 9.84 Å². The second-order valence-corrected chi connectivity index (χ2v) is 10.7. The van der Waals surface area contributed by atoms with Gasteiger partial charge >= 0.3 is 5.97 Å². The quantitative estimate of drug-likeness (QED) is 0.321. The summed E-state index contributed by atoms with van der Waals surface area (Å²) in [7, 11) is 0. The number of nitrogens with zero attached hydrogens (tertiary/aromatic N) is 1. The smallest absolute Gasteiger partial charge is 0.344 e. The lowest BCUT2D eigenvalue weighted by Gasteiger charge is -2.38. The normalized spacial score (nSPS) is 19.3. The van der Waals surface area contributed by atoms with Gasteiger partial charge in [-0.25, -0.2) is 4.79 Å². The van der Waals surface area contributed by atoms with Crippen LogP contribution in [0.2, 0.25) is 0 Å². The maximum absolute atomic E-state index is 13.6. The molecule has 0 spiro atoms. The Morgan fingerprint density at radius 2 is 1.51 bits per heavy atom. The van der Waals surface area contributed by atoms with Gasteiger partial charge in [0.15, 0.2) is 11.2 Å². The Hall–Kier alpha value is -1.54. The third-order valence-corrected chi connectivity index (χ3v) is 7.87. The lowest BCUT2D eigenvalue weighted by molar-refractivity contribution is -0.184. The van der Waals surface area contributed by atoms with E-state index in [0.29, 0.717) is 18.0 Å². The molecule has 0 bridgehead atoms. The van der Waals surface area contributed by atoms with Crippen molar-refractivity contribution in [3.8, 4) is 11.8 Å². The zero-order valence-corrected chi connectivity index (χ0v) is 23.1. The minimum atomic E-state index is -1.64. The first kappa shape index (κ1) is 29.7. The number of aliphatic hydroxyl groups is 1. The lowest BCUT2D eigenvalue weighted by Crippen LogP contribution is -2.47. The number of rotatable bonds is 8. The number of ether oxygens (including phenoxy) is 1. The van der Waals surface area contributed by atoms with Gasteiger partial charge in [-0.3, -0.25) is 4.90 Å². The third kappa shape index (κ3) is 7.72. The summed E-state index contributed by atoms with van der Waals surface area (Å²) in [6.45, 7) is 10.4. The number of hydrogen-bond acceptors (Lipinski definition) is 4. The van der Waals surface area contributed by atoms with Crippen LogP contribution >= 0.6 is 12.4 Å². The lowest BCUT2D eigenvalue weighted by atomic mass is 9.72. The molecule has 0 aromatic heterocycles. The van der Waals surface area contributed by atoms with E-state index >= 15 is 0 Å². The Labute approximate surface area is 219 Å². The summed E-state index contributed by atoms with van der Waals surface area (Å²) in [4.78, 5) is 15.8. The first-order chi connectivity index (χ1) is 16.3. The minimum absolute atomic E-state index is 0. The number of esters is 1. The van der Waals surface area contributed by atoms with Crippen LogP contribution in [0, 0.1) is 17.8 Å². The van der Waals surface area contributed by atoms with Crippen LogP contribution in [0.4, 0.5) is 0 Å². The van der Waals surface area contributed by atoms with Crippen LogP contribution in [0.1, 0.15) is 109 Å². The summed E-state index contributed by atoms with van der Waals surface area (Å²) >= 11 is 0. The predicted octanol–water partition coefficient (Wildman–Crippen LogP) is 6.59. The van der Waals surface area contributed by atoms with Crippen molar-refractivity contribution >= 4 is 18.4 Å². The van der Waals surface area contributed by atoms with Gasteiger partial charge in [0.25, 0.3) is 0 Å². The van der Waals surface area contributed by atoms with Gasteiger partial charge in [0.05, 0.1) is 6.54 Å². The Kier molecular flexibility index (Phi) is 11.6. The molecule has 0 heterocycles. The fourth-order valence-electron chi connectivity index (χ4n) is 5.63. The molecule has 2 fully saturated rings. The molecule has 2 aliphatic rings. The Bertz CT molecular complexity index is 841. The molecule has 0 amide bonds. The van der Waals surface area contributed by atoms with Crippen molar-refractivity contribution in [2.45, 2.75) is 109 Å². The molecule has 0 saturated heterocycles. The van der Waals surface area contributed by atoms with E-state index in [-0.39, 0.29) is 18.3 Å². The molecule has 196 valence electrons. The van der Waals surface area contributed by atoms with Crippen LogP contribution in [0.25, 0.3) is 0 Å². The number of carbonyl (C=O) groups excluding carboxylic acids is 1. The van der Waals surface area contributed by atoms with Crippen LogP contribution in [0.3, 0.4) is 0 Å². The van der Waals surface area contributed by atoms with Crippen molar-refractivity contribution in [2.24, 2.45) is 5.92 Å². The molecule has 2 saturated carbocycles. The minimum Gasteiger partial charge on any atom is -0.444 e. The van der Waals surface area contributed by atoms with E-state index in [4.69, 9.17) is 4.74 Å². The Morgan fingerprint density at radius 1 is 0.971 bits per heavy atom. The number of carbonyl (C=O) groups is 1. The molecule has 5 heteroatoms. The Morgan fingerprint density at radius 3 is 2.06 bits per heavy atom. The van der Waals surface area contributed by atoms with E-state index < -0.39 is 17.2 Å². The van der Waals surface area contributed by atoms with E-state index in [1.54, 1.807) is 0 Å². The van der Waals surface area contributed by atoms with Crippen molar-refractivity contribution < 1.29 is 14.6 Å². The summed E-state index contributed by atoms with van der Waals surface area (Å²) in [5.41, 5.74) is -0.612. The van der Waals surface area contributed by atoms with Crippen LogP contribution in [-0.4, -0.2) is 41.2 Å². The predicted molar refractivity (Wildman–Crippen MR) is 146 cm³/mol. The molecule has 1 unspecified atom stereocenters.